The van der Waals surface area contributed by atoms with Gasteiger partial charge >= 0.3 is 18.1 Å². The van der Waals surface area contributed by atoms with Crippen molar-refractivity contribution in [2.45, 2.75) is 90.4 Å². The van der Waals surface area contributed by atoms with E-state index < -0.39 is 23.6 Å². The molecule has 0 aliphatic carbocycles. The summed E-state index contributed by atoms with van der Waals surface area (Å²) in [5.41, 5.74) is 0.480. The van der Waals surface area contributed by atoms with Gasteiger partial charge in [0.1, 0.15) is 0 Å². The molecule has 220 valence electrons. The Kier molecular flexibility index (Phi) is 14.2. The van der Waals surface area contributed by atoms with Gasteiger partial charge < -0.3 is 15.3 Å². The molecule has 2 aromatic carbocycles. The monoisotopic (exact) mass is 626 g/mol. The average molecular weight is 628 g/mol. The predicted octanol–water partition coefficient (Wildman–Crippen LogP) is 7.73. The van der Waals surface area contributed by atoms with Gasteiger partial charge in [-0.25, -0.2) is 4.79 Å². The van der Waals surface area contributed by atoms with E-state index in [-0.39, 0.29) is 19.0 Å². The molecule has 0 aliphatic rings. The minimum absolute atomic E-state index is 0.118. The third-order valence-electron chi connectivity index (χ3n) is 6.62. The molecule has 6 nitrogen and oxygen atoms in total. The summed E-state index contributed by atoms with van der Waals surface area (Å²) in [5, 5.41) is 12.2. The van der Waals surface area contributed by atoms with Crippen LogP contribution in [0.1, 0.15) is 98.2 Å². The molecule has 40 heavy (non-hydrogen) atoms. The number of benzene rings is 2. The lowest BCUT2D eigenvalue weighted by Gasteiger charge is -2.22. The molecule has 2 amide bonds. The van der Waals surface area contributed by atoms with Gasteiger partial charge in [-0.2, -0.15) is 13.2 Å². The fourth-order valence-corrected chi connectivity index (χ4v) is 4.80. The summed E-state index contributed by atoms with van der Waals surface area (Å²) in [6.07, 6.45) is 7.59. The van der Waals surface area contributed by atoms with Crippen molar-refractivity contribution in [3.63, 3.8) is 0 Å². The number of rotatable bonds is 16. The number of nitrogens with zero attached hydrogens (tertiary/aromatic N) is 1. The van der Waals surface area contributed by atoms with Crippen molar-refractivity contribution in [2.24, 2.45) is 0 Å². The van der Waals surface area contributed by atoms with Crippen molar-refractivity contribution < 1.29 is 32.7 Å². The Morgan fingerprint density at radius 3 is 1.95 bits per heavy atom. The molecule has 0 aliphatic heterocycles. The van der Waals surface area contributed by atoms with Gasteiger partial charge in [0.25, 0.3) is 5.91 Å². The molecule has 0 saturated carbocycles. The van der Waals surface area contributed by atoms with E-state index in [9.17, 15) is 32.7 Å². The lowest BCUT2D eigenvalue weighted by atomic mass is 10.1. The fraction of sp³-hybridized carbons (Fsp3) is 0.500. The normalized spacial score (nSPS) is 11.3. The molecule has 0 spiro atoms. The zero-order valence-corrected chi connectivity index (χ0v) is 24.5. The maximum absolute atomic E-state index is 12.8. The van der Waals surface area contributed by atoms with Crippen molar-refractivity contribution >= 4 is 33.7 Å². The minimum atomic E-state index is -4.50. The highest BCUT2D eigenvalue weighted by atomic mass is 79.9. The highest BCUT2D eigenvalue weighted by molar-refractivity contribution is 9.10. The van der Waals surface area contributed by atoms with Crippen molar-refractivity contribution in [1.29, 1.82) is 0 Å². The molecule has 2 aromatic rings. The quantitative estimate of drug-likeness (QED) is 0.147. The number of amides is 2. The highest BCUT2D eigenvalue weighted by Gasteiger charge is 2.30. The second-order valence-electron chi connectivity index (χ2n) is 9.91. The maximum atomic E-state index is 12.8. The Morgan fingerprint density at radius 1 is 0.850 bits per heavy atom. The third-order valence-corrected chi connectivity index (χ3v) is 7.36. The van der Waals surface area contributed by atoms with Gasteiger partial charge in [-0.05, 0) is 41.8 Å². The SMILES string of the molecule is CCCCCCCCCCCCNC(=O)c1ccc(CN(Cc2ccc(C(F)(F)F)cc2)C(=O)C(=O)O)c(Br)c1. The number of hydrogen-bond donors (Lipinski definition) is 2. The number of carbonyl (C=O) groups is 3. The molecule has 0 aromatic heterocycles. The first-order chi connectivity index (χ1) is 19.0. The summed E-state index contributed by atoms with van der Waals surface area (Å²) in [4.78, 5) is 37.3. The summed E-state index contributed by atoms with van der Waals surface area (Å²) < 4.78 is 39.0. The minimum Gasteiger partial charge on any atom is -0.474 e. The highest BCUT2D eigenvalue weighted by Crippen LogP contribution is 2.29. The maximum Gasteiger partial charge on any atom is 0.416 e. The number of carbonyl (C=O) groups excluding carboxylic acids is 2. The van der Waals surface area contributed by atoms with E-state index in [4.69, 9.17) is 0 Å². The largest absolute Gasteiger partial charge is 0.474 e. The standard InChI is InChI=1S/C30H38BrF3N2O4/c1-2-3-4-5-6-7-8-9-10-11-18-35-27(37)23-14-15-24(26(31)19-23)21-36(28(38)29(39)40)20-22-12-16-25(17-13-22)30(32,33)34/h12-17,19H,2-11,18,20-21H2,1H3,(H,35,37)(H,39,40). The van der Waals surface area contributed by atoms with Crippen LogP contribution >= 0.6 is 15.9 Å². The summed E-state index contributed by atoms with van der Waals surface area (Å²) >= 11 is 3.39. The zero-order chi connectivity index (χ0) is 29.5. The Labute approximate surface area is 242 Å². The summed E-state index contributed by atoms with van der Waals surface area (Å²) in [7, 11) is 0. The number of carboxylic acids is 1. The lowest BCUT2D eigenvalue weighted by Crippen LogP contribution is -2.35. The molecule has 0 saturated heterocycles. The summed E-state index contributed by atoms with van der Waals surface area (Å²) in [6, 6.07) is 9.01. The van der Waals surface area contributed by atoms with E-state index in [1.165, 1.54) is 57.1 Å². The second-order valence-corrected chi connectivity index (χ2v) is 10.8. The van der Waals surface area contributed by atoms with Gasteiger partial charge in [-0.1, -0.05) is 98.8 Å². The topological polar surface area (TPSA) is 86.7 Å². The molecule has 0 bridgehead atoms. The van der Waals surface area contributed by atoms with Crippen molar-refractivity contribution in [3.8, 4) is 0 Å². The summed E-state index contributed by atoms with van der Waals surface area (Å²) in [5.74, 6) is -3.09. The van der Waals surface area contributed by atoms with Crippen molar-refractivity contribution in [2.75, 3.05) is 6.54 Å². The van der Waals surface area contributed by atoms with Gasteiger partial charge in [0, 0.05) is 29.7 Å². The van der Waals surface area contributed by atoms with E-state index in [0.29, 0.717) is 27.7 Å². The molecular weight excluding hydrogens is 589 g/mol. The van der Waals surface area contributed by atoms with Gasteiger partial charge in [0.05, 0.1) is 5.56 Å². The smallest absolute Gasteiger partial charge is 0.416 e. The van der Waals surface area contributed by atoms with Crippen LogP contribution in [0.4, 0.5) is 13.2 Å². The van der Waals surface area contributed by atoms with Gasteiger partial charge in [-0.15, -0.1) is 0 Å². The Hall–Kier alpha value is -2.88. The third kappa shape index (κ3) is 11.7. The number of nitrogens with one attached hydrogen (secondary N) is 1. The van der Waals surface area contributed by atoms with Crippen LogP contribution in [0.5, 0.6) is 0 Å². The predicted molar refractivity (Wildman–Crippen MR) is 152 cm³/mol. The molecule has 0 heterocycles. The van der Waals surface area contributed by atoms with E-state index in [0.717, 1.165) is 36.3 Å². The van der Waals surface area contributed by atoms with Gasteiger partial charge in [0.2, 0.25) is 0 Å². The Balaban J connectivity index is 1.87. The fourth-order valence-electron chi connectivity index (χ4n) is 4.29. The summed E-state index contributed by atoms with van der Waals surface area (Å²) in [6.45, 7) is 2.47. The first kappa shape index (κ1) is 33.3. The number of carboxylic acid groups (broad SMARTS) is 1. The van der Waals surface area contributed by atoms with Crippen molar-refractivity contribution in [3.05, 3.63) is 69.2 Å². The van der Waals surface area contributed by atoms with E-state index in [1.807, 2.05) is 0 Å². The van der Waals surface area contributed by atoms with Crippen LogP contribution in [-0.2, 0) is 28.9 Å². The Morgan fingerprint density at radius 2 is 1.43 bits per heavy atom. The first-order valence-electron chi connectivity index (χ1n) is 13.8. The molecule has 0 fully saturated rings. The molecular formula is C30H38BrF3N2O4. The van der Waals surface area contributed by atoms with Crippen LogP contribution in [0.25, 0.3) is 0 Å². The van der Waals surface area contributed by atoms with E-state index in [2.05, 4.69) is 28.2 Å². The number of aliphatic carboxylic acids is 1. The first-order valence-corrected chi connectivity index (χ1v) is 14.6. The zero-order valence-electron chi connectivity index (χ0n) is 22.9. The molecule has 2 N–H and O–H groups in total. The van der Waals surface area contributed by atoms with Crippen LogP contribution in [0, 0.1) is 0 Å². The molecule has 2 rings (SSSR count). The van der Waals surface area contributed by atoms with Crippen LogP contribution < -0.4 is 5.32 Å². The molecule has 10 heteroatoms. The van der Waals surface area contributed by atoms with E-state index in [1.54, 1.807) is 18.2 Å². The number of unbranched alkanes of at least 4 members (excludes halogenated alkanes) is 9. The lowest BCUT2D eigenvalue weighted by molar-refractivity contribution is -0.156. The van der Waals surface area contributed by atoms with Crippen molar-refractivity contribution in [1.82, 2.24) is 10.2 Å². The molecule has 0 atom stereocenters. The number of halogens is 4. The number of alkyl halides is 3. The average Bonchev–Trinajstić information content (AvgIpc) is 2.91. The second kappa shape index (κ2) is 17.0. The van der Waals surface area contributed by atoms with Crippen LogP contribution in [-0.4, -0.2) is 34.3 Å². The molecule has 0 unspecified atom stereocenters. The van der Waals surface area contributed by atoms with Crippen LogP contribution in [0.2, 0.25) is 0 Å². The Bertz CT molecular complexity index is 1110. The van der Waals surface area contributed by atoms with Gasteiger partial charge in [0.15, 0.2) is 0 Å². The number of hydrogen-bond acceptors (Lipinski definition) is 3. The molecule has 0 radical (unpaired) electrons. The van der Waals surface area contributed by atoms with Crippen LogP contribution in [0.3, 0.4) is 0 Å². The van der Waals surface area contributed by atoms with Gasteiger partial charge in [-0.3, -0.25) is 9.59 Å². The van der Waals surface area contributed by atoms with Crippen LogP contribution in [0.15, 0.2) is 46.9 Å². The van der Waals surface area contributed by atoms with E-state index >= 15 is 0 Å².